The molecule has 0 bridgehead atoms. The number of nitriles is 1. The summed E-state index contributed by atoms with van der Waals surface area (Å²) in [5, 5.41) is 11.8. The lowest BCUT2D eigenvalue weighted by Crippen LogP contribution is -2.41. The van der Waals surface area contributed by atoms with Crippen molar-refractivity contribution in [2.45, 2.75) is 82.5 Å². The molecule has 1 aliphatic carbocycles. The van der Waals surface area contributed by atoms with Crippen molar-refractivity contribution in [3.05, 3.63) is 41.0 Å². The Labute approximate surface area is 323 Å². The molecule has 5 heterocycles. The molecule has 11 nitrogen and oxygen atoms in total. The number of ether oxygens (including phenoxy) is 3. The number of nitrogens with zero attached hydrogens (tertiary/aromatic N) is 5. The predicted octanol–water partition coefficient (Wildman–Crippen LogP) is 8.29. The molecule has 8 rings (SSSR count). The quantitative estimate of drug-likeness (QED) is 0.183. The molecule has 0 spiro atoms. The van der Waals surface area contributed by atoms with Crippen molar-refractivity contribution in [3.63, 3.8) is 0 Å². The molecule has 3 saturated heterocycles. The van der Waals surface area contributed by atoms with Crippen LogP contribution < -0.4 is 15.8 Å². The van der Waals surface area contributed by atoms with Crippen molar-refractivity contribution >= 4 is 49.2 Å². The standard InChI is InChI=1S/C21H14F5N5OS.C10H17NO3.C7H12FN/c1-3-29-19-9-6-11(21(24,25)26)14(15(23)16(9)30-20(31-19)32-2)8-4-5-12(22)17-13(8)10(7-27)18(28)33-17;1-13-8-6-9(7-8)14-10(12)11-4-2-3-5-11;8-6-4-7-2-1-3-9(7)5-6/h4-6H,3,28H2,1-2H3,(H,29,30,31);8-9H,2-7H2,1H3;6-7H,1-5H2. The molecule has 56 heavy (non-hydrogen) atoms. The van der Waals surface area contributed by atoms with Gasteiger partial charge in [0.2, 0.25) is 0 Å². The summed E-state index contributed by atoms with van der Waals surface area (Å²) >= 11 is 0.698. The molecule has 1 saturated carbocycles. The van der Waals surface area contributed by atoms with Gasteiger partial charge in [0.1, 0.15) is 40.5 Å². The molecule has 18 heteroatoms. The minimum Gasteiger partial charge on any atom is -0.467 e. The largest absolute Gasteiger partial charge is 0.467 e. The molecule has 2 aromatic carbocycles. The number of benzene rings is 2. The number of aromatic nitrogens is 2. The number of amides is 1. The van der Waals surface area contributed by atoms with Gasteiger partial charge >= 0.3 is 18.3 Å². The van der Waals surface area contributed by atoms with E-state index in [1.54, 1.807) is 25.0 Å². The number of nitrogens with two attached hydrogens (primary N) is 1. The van der Waals surface area contributed by atoms with Crippen LogP contribution >= 0.6 is 11.3 Å². The number of hydrogen-bond donors (Lipinski definition) is 2. The third-order valence-electron chi connectivity index (χ3n) is 10.4. The fourth-order valence-electron chi connectivity index (χ4n) is 7.54. The molecular formula is C38H43F6N7O4S. The van der Waals surface area contributed by atoms with Gasteiger partial charge in [0.25, 0.3) is 0 Å². The molecule has 4 aromatic rings. The van der Waals surface area contributed by atoms with Crippen molar-refractivity contribution < 1.29 is 45.3 Å². The van der Waals surface area contributed by atoms with Crippen LogP contribution in [0.1, 0.15) is 63.0 Å². The Morgan fingerprint density at radius 1 is 1.09 bits per heavy atom. The first-order valence-corrected chi connectivity index (χ1v) is 19.3. The Bertz CT molecular complexity index is 2090. The number of anilines is 2. The molecule has 3 aliphatic heterocycles. The third kappa shape index (κ3) is 8.54. The highest BCUT2D eigenvalue weighted by molar-refractivity contribution is 7.23. The fourth-order valence-corrected chi connectivity index (χ4v) is 8.49. The number of alkyl halides is 4. The summed E-state index contributed by atoms with van der Waals surface area (Å²) in [6, 6.07) is 4.75. The van der Waals surface area contributed by atoms with E-state index in [1.165, 1.54) is 20.0 Å². The van der Waals surface area contributed by atoms with Crippen LogP contribution in [0, 0.1) is 23.0 Å². The number of likely N-dealkylation sites (tertiary alicyclic amines) is 1. The zero-order valence-corrected chi connectivity index (χ0v) is 32.0. The molecule has 0 radical (unpaired) electrons. The van der Waals surface area contributed by atoms with Gasteiger partial charge < -0.3 is 30.2 Å². The first-order valence-electron chi connectivity index (χ1n) is 18.4. The summed E-state index contributed by atoms with van der Waals surface area (Å²) in [5.74, 6) is -2.15. The number of fused-ring (bicyclic) bond motifs is 3. The van der Waals surface area contributed by atoms with Crippen LogP contribution in [-0.4, -0.2) is 97.2 Å². The maximum Gasteiger partial charge on any atom is 0.417 e. The van der Waals surface area contributed by atoms with Gasteiger partial charge in [0.05, 0.1) is 29.0 Å². The van der Waals surface area contributed by atoms with E-state index in [0.717, 1.165) is 69.9 Å². The van der Waals surface area contributed by atoms with E-state index >= 15 is 4.39 Å². The zero-order valence-electron chi connectivity index (χ0n) is 31.1. The van der Waals surface area contributed by atoms with Crippen LogP contribution in [0.4, 0.5) is 42.0 Å². The average molecular weight is 808 g/mol. The van der Waals surface area contributed by atoms with Gasteiger partial charge in [-0.05, 0) is 63.3 Å². The Hall–Kier alpha value is -4.60. The zero-order chi connectivity index (χ0) is 40.3. The molecule has 1 amide bonds. The second-order valence-corrected chi connectivity index (χ2v) is 15.1. The highest BCUT2D eigenvalue weighted by Crippen LogP contribution is 2.47. The van der Waals surface area contributed by atoms with Crippen LogP contribution in [0.2, 0.25) is 0 Å². The van der Waals surface area contributed by atoms with Gasteiger partial charge in [-0.15, -0.1) is 11.3 Å². The van der Waals surface area contributed by atoms with E-state index in [1.807, 2.05) is 0 Å². The van der Waals surface area contributed by atoms with Crippen LogP contribution in [-0.2, 0) is 15.7 Å². The van der Waals surface area contributed by atoms with Crippen molar-refractivity contribution in [3.8, 4) is 23.2 Å². The minimum absolute atomic E-state index is 0.0444. The Morgan fingerprint density at radius 2 is 1.82 bits per heavy atom. The van der Waals surface area contributed by atoms with Crippen molar-refractivity contribution in [1.29, 1.82) is 5.26 Å². The summed E-state index contributed by atoms with van der Waals surface area (Å²) in [4.78, 5) is 23.5. The Kier molecular flexibility index (Phi) is 12.7. The van der Waals surface area contributed by atoms with Gasteiger partial charge in [0, 0.05) is 68.5 Å². The second-order valence-electron chi connectivity index (χ2n) is 14.0. The van der Waals surface area contributed by atoms with E-state index in [4.69, 9.17) is 19.9 Å². The molecule has 2 aromatic heterocycles. The Morgan fingerprint density at radius 3 is 2.45 bits per heavy atom. The number of nitrogens with one attached hydrogen (secondary N) is 1. The summed E-state index contributed by atoms with van der Waals surface area (Å²) in [6.07, 6.45) is 2.00. The van der Waals surface area contributed by atoms with E-state index in [9.17, 15) is 32.0 Å². The molecule has 2 atom stereocenters. The average Bonchev–Trinajstić information content (AvgIpc) is 3.96. The first kappa shape index (κ1) is 41.0. The molecule has 3 N–H and O–H groups in total. The van der Waals surface area contributed by atoms with Crippen molar-refractivity contribution in [2.24, 2.45) is 0 Å². The normalized spacial score (nSPS) is 21.8. The lowest BCUT2D eigenvalue weighted by Gasteiger charge is -2.34. The van der Waals surface area contributed by atoms with Crippen LogP contribution in [0.5, 0.6) is 6.01 Å². The minimum atomic E-state index is -5.00. The summed E-state index contributed by atoms with van der Waals surface area (Å²) in [5.41, 5.74) is 2.59. The Balaban J connectivity index is 0.000000186. The predicted molar refractivity (Wildman–Crippen MR) is 200 cm³/mol. The number of nitrogen functional groups attached to an aromatic ring is 1. The van der Waals surface area contributed by atoms with Gasteiger partial charge in [-0.2, -0.15) is 28.4 Å². The summed E-state index contributed by atoms with van der Waals surface area (Å²) in [7, 11) is 2.93. The number of halogens is 6. The monoisotopic (exact) mass is 807 g/mol. The SMILES string of the molecule is CCNc1nc(OC)nc2c(F)c(-c3ccc(F)c4sc(N)c(C#N)c34)c(C(F)(F)F)cc12.COC1CC(OC(=O)N2CCCC2)C1.FC1CC2CCCN2C1. The molecule has 2 unspecified atom stereocenters. The van der Waals surface area contributed by atoms with Crippen molar-refractivity contribution in [1.82, 2.24) is 19.8 Å². The molecule has 302 valence electrons. The molecular weight excluding hydrogens is 765 g/mol. The van der Waals surface area contributed by atoms with E-state index < -0.39 is 40.6 Å². The number of methoxy groups -OCH3 is 2. The number of carbonyl (C=O) groups excluding carboxylic acids is 1. The van der Waals surface area contributed by atoms with Gasteiger partial charge in [0.15, 0.2) is 5.82 Å². The van der Waals surface area contributed by atoms with Gasteiger partial charge in [-0.1, -0.05) is 6.07 Å². The molecule has 4 aliphatic rings. The second kappa shape index (κ2) is 17.3. The lowest BCUT2D eigenvalue weighted by atomic mass is 9.92. The van der Waals surface area contributed by atoms with Gasteiger partial charge in [-0.25, -0.2) is 18.0 Å². The lowest BCUT2D eigenvalue weighted by molar-refractivity contribution is -0.137. The number of carbonyl (C=O) groups is 1. The smallest absolute Gasteiger partial charge is 0.417 e. The maximum atomic E-state index is 15.9. The van der Waals surface area contributed by atoms with Crippen LogP contribution in [0.25, 0.3) is 32.1 Å². The van der Waals surface area contributed by atoms with Crippen LogP contribution in [0.3, 0.4) is 0 Å². The summed E-state index contributed by atoms with van der Waals surface area (Å²) < 4.78 is 101. The van der Waals surface area contributed by atoms with E-state index in [0.29, 0.717) is 30.0 Å². The third-order valence-corrected chi connectivity index (χ3v) is 11.4. The highest BCUT2D eigenvalue weighted by atomic mass is 32.1. The topological polar surface area (TPSA) is 139 Å². The van der Waals surface area contributed by atoms with Crippen molar-refractivity contribution in [2.75, 3.05) is 58.0 Å². The highest BCUT2D eigenvalue weighted by Gasteiger charge is 2.39. The van der Waals surface area contributed by atoms with Gasteiger partial charge in [-0.3, -0.25) is 4.90 Å². The summed E-state index contributed by atoms with van der Waals surface area (Å²) in [6.45, 7) is 5.56. The fraction of sp³-hybridized carbons (Fsp3) is 0.526. The van der Waals surface area contributed by atoms with Crippen LogP contribution in [0.15, 0.2) is 18.2 Å². The van der Waals surface area contributed by atoms with E-state index in [-0.39, 0.29) is 62.2 Å². The number of rotatable bonds is 6. The van der Waals surface area contributed by atoms with E-state index in [2.05, 4.69) is 20.2 Å². The first-order chi connectivity index (χ1) is 26.8. The molecule has 4 fully saturated rings. The maximum absolute atomic E-state index is 15.9. The number of thiophene rings is 1. The number of hydrogen-bond acceptors (Lipinski definition) is 11.